The molecule has 8 heteroatoms. The minimum Gasteiger partial charge on any atom is -0.508 e. The molecule has 0 radical (unpaired) electrons. The Morgan fingerprint density at radius 3 is 2.74 bits per heavy atom. The van der Waals surface area contributed by atoms with Crippen molar-refractivity contribution < 1.29 is 14.6 Å². The lowest BCUT2D eigenvalue weighted by atomic mass is 10.0. The van der Waals surface area contributed by atoms with Gasteiger partial charge < -0.3 is 30.1 Å². The van der Waals surface area contributed by atoms with Gasteiger partial charge in [0.2, 0.25) is 0 Å². The lowest BCUT2D eigenvalue weighted by Crippen LogP contribution is -2.51. The number of guanidine groups is 1. The lowest BCUT2D eigenvalue weighted by Gasteiger charge is -2.36. The molecule has 1 atom stereocenters. The van der Waals surface area contributed by atoms with E-state index < -0.39 is 0 Å². The summed E-state index contributed by atoms with van der Waals surface area (Å²) in [6.45, 7) is 5.04. The van der Waals surface area contributed by atoms with Gasteiger partial charge in [-0.1, -0.05) is 12.1 Å². The Bertz CT molecular complexity index is 862. The number of ether oxygens (including phenoxy) is 2. The zero-order chi connectivity index (χ0) is 21.3. The van der Waals surface area contributed by atoms with E-state index >= 15 is 0 Å². The summed E-state index contributed by atoms with van der Waals surface area (Å²) in [5, 5.41) is 17.0. The molecule has 3 N–H and O–H groups in total. The highest BCUT2D eigenvalue weighted by atomic mass is 127. The summed E-state index contributed by atoms with van der Waals surface area (Å²) in [5.41, 5.74) is 1.85. The van der Waals surface area contributed by atoms with Gasteiger partial charge in [-0.25, -0.2) is 4.99 Å². The molecule has 2 aromatic carbocycles. The average Bonchev–Trinajstić information content (AvgIpc) is 2.78. The van der Waals surface area contributed by atoms with Gasteiger partial charge in [0.05, 0.1) is 26.5 Å². The van der Waals surface area contributed by atoms with E-state index in [1.807, 2.05) is 31.2 Å². The first-order valence-electron chi connectivity index (χ1n) is 10.4. The molecule has 0 saturated carbocycles. The number of rotatable bonds is 7. The van der Waals surface area contributed by atoms with Gasteiger partial charge in [-0.05, 0) is 50.1 Å². The maximum atomic E-state index is 10.1. The number of anilines is 1. The average molecular weight is 540 g/mol. The summed E-state index contributed by atoms with van der Waals surface area (Å²) >= 11 is 0. The first-order valence-corrected chi connectivity index (χ1v) is 10.4. The maximum absolute atomic E-state index is 10.1. The molecule has 1 saturated heterocycles. The number of phenols is 1. The number of methoxy groups -OCH3 is 2. The van der Waals surface area contributed by atoms with Crippen LogP contribution in [0.4, 0.5) is 5.69 Å². The molecular weight excluding hydrogens is 507 g/mol. The molecule has 7 nitrogen and oxygen atoms in total. The number of aliphatic imine (C=N–C) groups is 1. The fraction of sp³-hybridized carbons (Fsp3) is 0.435. The van der Waals surface area contributed by atoms with E-state index in [9.17, 15) is 5.11 Å². The predicted molar refractivity (Wildman–Crippen MR) is 136 cm³/mol. The molecular formula is C23H33IN4O3. The number of nitrogens with one attached hydrogen (secondary N) is 2. The third kappa shape index (κ3) is 6.81. The van der Waals surface area contributed by atoms with Crippen LogP contribution in [0, 0.1) is 0 Å². The van der Waals surface area contributed by atoms with Crippen molar-refractivity contribution in [3.63, 3.8) is 0 Å². The Morgan fingerprint density at radius 2 is 2.00 bits per heavy atom. The molecule has 1 fully saturated rings. The zero-order valence-electron chi connectivity index (χ0n) is 18.4. The first-order chi connectivity index (χ1) is 14.6. The number of halogens is 1. The number of piperidine rings is 1. The lowest BCUT2D eigenvalue weighted by molar-refractivity contribution is 0.408. The van der Waals surface area contributed by atoms with Gasteiger partial charge in [0.25, 0.3) is 0 Å². The van der Waals surface area contributed by atoms with Crippen molar-refractivity contribution in [1.29, 1.82) is 0 Å². The third-order valence-corrected chi connectivity index (χ3v) is 5.23. The second kappa shape index (κ2) is 12.5. The van der Waals surface area contributed by atoms with Gasteiger partial charge in [0.1, 0.15) is 17.2 Å². The van der Waals surface area contributed by atoms with Gasteiger partial charge in [-0.15, -0.1) is 24.0 Å². The van der Waals surface area contributed by atoms with E-state index in [1.165, 1.54) is 0 Å². The number of phenolic OH excluding ortho intramolecular Hbond substituents is 1. The number of nitrogens with zero attached hydrogens (tertiary/aromatic N) is 2. The van der Waals surface area contributed by atoms with Gasteiger partial charge >= 0.3 is 0 Å². The number of hydrogen-bond donors (Lipinski definition) is 3. The van der Waals surface area contributed by atoms with Crippen LogP contribution in [0.1, 0.15) is 25.3 Å². The molecule has 31 heavy (non-hydrogen) atoms. The van der Waals surface area contributed by atoms with E-state index in [0.29, 0.717) is 12.3 Å². The van der Waals surface area contributed by atoms with E-state index in [2.05, 4.69) is 26.6 Å². The second-order valence-electron chi connectivity index (χ2n) is 7.29. The Labute approximate surface area is 201 Å². The normalized spacial score (nSPS) is 16.3. The van der Waals surface area contributed by atoms with Gasteiger partial charge in [-0.3, -0.25) is 0 Å². The minimum absolute atomic E-state index is 0. The van der Waals surface area contributed by atoms with Crippen molar-refractivity contribution >= 4 is 35.6 Å². The van der Waals surface area contributed by atoms with Crippen LogP contribution in [0.3, 0.4) is 0 Å². The largest absolute Gasteiger partial charge is 0.508 e. The molecule has 0 aromatic heterocycles. The zero-order valence-corrected chi connectivity index (χ0v) is 20.8. The molecule has 2 aromatic rings. The highest BCUT2D eigenvalue weighted by Crippen LogP contribution is 2.30. The topological polar surface area (TPSA) is 78.4 Å². The Morgan fingerprint density at radius 1 is 1.19 bits per heavy atom. The molecule has 1 unspecified atom stereocenters. The summed E-state index contributed by atoms with van der Waals surface area (Å²) < 4.78 is 10.8. The molecule has 1 heterocycles. The quantitative estimate of drug-likeness (QED) is 0.282. The van der Waals surface area contributed by atoms with Crippen molar-refractivity contribution in [3.05, 3.63) is 48.0 Å². The Kier molecular flexibility index (Phi) is 10.0. The van der Waals surface area contributed by atoms with Gasteiger partial charge in [0, 0.05) is 31.2 Å². The van der Waals surface area contributed by atoms with Crippen LogP contribution >= 0.6 is 24.0 Å². The summed E-state index contributed by atoms with van der Waals surface area (Å²) in [6, 6.07) is 13.6. The van der Waals surface area contributed by atoms with Crippen molar-refractivity contribution in [2.75, 3.05) is 38.8 Å². The van der Waals surface area contributed by atoms with E-state index in [0.717, 1.165) is 55.4 Å². The molecule has 1 aliphatic heterocycles. The SMILES string of the molecule is CCNC(=NCc1cc(OC)ccc1O)NC1CCCN(c2ccccc2OC)C1.I. The molecule has 3 rings (SSSR count). The minimum atomic E-state index is 0. The highest BCUT2D eigenvalue weighted by Gasteiger charge is 2.22. The van der Waals surface area contributed by atoms with Crippen molar-refractivity contribution in [2.45, 2.75) is 32.4 Å². The number of para-hydroxylation sites is 2. The summed E-state index contributed by atoms with van der Waals surface area (Å²) in [7, 11) is 3.32. The van der Waals surface area contributed by atoms with Crippen LogP contribution in [0.15, 0.2) is 47.5 Å². The highest BCUT2D eigenvalue weighted by molar-refractivity contribution is 14.0. The number of benzene rings is 2. The third-order valence-electron chi connectivity index (χ3n) is 5.23. The van der Waals surface area contributed by atoms with Crippen molar-refractivity contribution in [2.24, 2.45) is 4.99 Å². The fourth-order valence-electron chi connectivity index (χ4n) is 3.70. The maximum Gasteiger partial charge on any atom is 0.191 e. The molecule has 0 spiro atoms. The van der Waals surface area contributed by atoms with E-state index in [4.69, 9.17) is 9.47 Å². The van der Waals surface area contributed by atoms with Gasteiger partial charge in [-0.2, -0.15) is 0 Å². The fourth-order valence-corrected chi connectivity index (χ4v) is 3.70. The first kappa shape index (κ1) is 24.9. The van der Waals surface area contributed by atoms with Crippen LogP contribution < -0.4 is 25.0 Å². The Hall–Kier alpha value is -2.36. The second-order valence-corrected chi connectivity index (χ2v) is 7.29. The molecule has 0 amide bonds. The van der Waals surface area contributed by atoms with E-state index in [-0.39, 0.29) is 35.8 Å². The number of aromatic hydroxyl groups is 1. The summed E-state index contributed by atoms with van der Waals surface area (Å²) in [5.74, 6) is 2.56. The molecule has 0 bridgehead atoms. The van der Waals surface area contributed by atoms with Crippen molar-refractivity contribution in [1.82, 2.24) is 10.6 Å². The van der Waals surface area contributed by atoms with Gasteiger partial charge in [0.15, 0.2) is 5.96 Å². The van der Waals surface area contributed by atoms with Crippen LogP contribution in [-0.4, -0.2) is 51.0 Å². The smallest absolute Gasteiger partial charge is 0.191 e. The standard InChI is InChI=1S/C23H32N4O3.HI/c1-4-24-23(25-15-17-14-19(29-2)11-12-21(17)28)26-18-8-7-13-27(16-18)20-9-5-6-10-22(20)30-3;/h5-6,9-12,14,18,28H,4,7-8,13,15-16H2,1-3H3,(H2,24,25,26);1H. The monoisotopic (exact) mass is 540 g/mol. The van der Waals surface area contributed by atoms with Crippen molar-refractivity contribution in [3.8, 4) is 17.2 Å². The molecule has 1 aliphatic rings. The van der Waals surface area contributed by atoms with Crippen LogP contribution in [0.2, 0.25) is 0 Å². The predicted octanol–water partition coefficient (Wildman–Crippen LogP) is 3.75. The molecule has 170 valence electrons. The van der Waals surface area contributed by atoms with Crippen LogP contribution in [-0.2, 0) is 6.54 Å². The van der Waals surface area contributed by atoms with Crippen LogP contribution in [0.25, 0.3) is 0 Å². The van der Waals surface area contributed by atoms with E-state index in [1.54, 1.807) is 26.4 Å². The summed E-state index contributed by atoms with van der Waals surface area (Å²) in [4.78, 5) is 7.04. The Balaban J connectivity index is 0.00000341. The summed E-state index contributed by atoms with van der Waals surface area (Å²) in [6.07, 6.45) is 2.16. The number of hydrogen-bond acceptors (Lipinski definition) is 5. The van der Waals surface area contributed by atoms with Crippen LogP contribution in [0.5, 0.6) is 17.2 Å². The molecule has 0 aliphatic carbocycles.